The fourth-order valence-electron chi connectivity index (χ4n) is 3.55. The number of halogens is 1. The van der Waals surface area contributed by atoms with E-state index in [0.717, 1.165) is 11.0 Å². The molecule has 0 aliphatic carbocycles. The van der Waals surface area contributed by atoms with Gasteiger partial charge in [-0.3, -0.25) is 0 Å². The average Bonchev–Trinajstić information content (AvgIpc) is 2.92. The highest BCUT2D eigenvalue weighted by Crippen LogP contribution is 2.35. The quantitative estimate of drug-likeness (QED) is 0.837. The van der Waals surface area contributed by atoms with Crippen LogP contribution in [-0.4, -0.2) is 21.6 Å². The van der Waals surface area contributed by atoms with Crippen molar-refractivity contribution in [3.8, 4) is 0 Å². The number of benzene rings is 1. The Morgan fingerprint density at radius 2 is 2.00 bits per heavy atom. The van der Waals surface area contributed by atoms with E-state index in [0.29, 0.717) is 18.1 Å². The SMILES string of the molecule is Fc1ccc2c(c1)ncn2C1CC2CCC(C1)N2. The molecule has 2 fully saturated rings. The van der Waals surface area contributed by atoms with Gasteiger partial charge in [-0.2, -0.15) is 0 Å². The lowest BCUT2D eigenvalue weighted by Gasteiger charge is -2.30. The number of aromatic nitrogens is 2. The molecule has 2 aliphatic rings. The lowest BCUT2D eigenvalue weighted by atomic mass is 9.99. The molecule has 2 atom stereocenters. The molecule has 0 spiro atoms. The normalized spacial score (nSPS) is 31.1. The summed E-state index contributed by atoms with van der Waals surface area (Å²) < 4.78 is 15.4. The molecule has 2 aliphatic heterocycles. The van der Waals surface area contributed by atoms with Crippen LogP contribution in [0.15, 0.2) is 24.5 Å². The first-order chi connectivity index (χ1) is 8.79. The molecule has 1 aromatic heterocycles. The number of piperidine rings is 1. The molecule has 4 rings (SSSR count). The zero-order chi connectivity index (χ0) is 12.1. The number of nitrogens with zero attached hydrogens (tertiary/aromatic N) is 2. The molecule has 94 valence electrons. The van der Waals surface area contributed by atoms with E-state index in [-0.39, 0.29) is 5.82 Å². The van der Waals surface area contributed by atoms with Crippen molar-refractivity contribution in [3.05, 3.63) is 30.3 Å². The summed E-state index contributed by atoms with van der Waals surface area (Å²) in [6.07, 6.45) is 6.79. The molecule has 0 radical (unpaired) electrons. The van der Waals surface area contributed by atoms with Gasteiger partial charge in [0, 0.05) is 24.2 Å². The van der Waals surface area contributed by atoms with Gasteiger partial charge in [0.1, 0.15) is 5.82 Å². The smallest absolute Gasteiger partial charge is 0.125 e. The van der Waals surface area contributed by atoms with Crippen molar-refractivity contribution < 1.29 is 4.39 Å². The molecular weight excluding hydrogens is 229 g/mol. The second kappa shape index (κ2) is 3.79. The van der Waals surface area contributed by atoms with E-state index in [4.69, 9.17) is 0 Å². The van der Waals surface area contributed by atoms with Crippen molar-refractivity contribution in [1.82, 2.24) is 14.9 Å². The van der Waals surface area contributed by atoms with Crippen LogP contribution in [0, 0.1) is 5.82 Å². The molecule has 0 amide bonds. The summed E-state index contributed by atoms with van der Waals surface area (Å²) in [4.78, 5) is 4.33. The number of hydrogen-bond acceptors (Lipinski definition) is 2. The molecule has 18 heavy (non-hydrogen) atoms. The van der Waals surface area contributed by atoms with E-state index in [2.05, 4.69) is 14.9 Å². The maximum atomic E-state index is 13.2. The van der Waals surface area contributed by atoms with Crippen LogP contribution in [0.1, 0.15) is 31.7 Å². The minimum atomic E-state index is -0.210. The predicted molar refractivity (Wildman–Crippen MR) is 67.9 cm³/mol. The minimum Gasteiger partial charge on any atom is -0.327 e. The molecule has 1 aromatic carbocycles. The fourth-order valence-corrected chi connectivity index (χ4v) is 3.55. The largest absolute Gasteiger partial charge is 0.327 e. The van der Waals surface area contributed by atoms with E-state index in [9.17, 15) is 4.39 Å². The molecule has 3 nitrogen and oxygen atoms in total. The van der Waals surface area contributed by atoms with E-state index in [1.807, 2.05) is 12.4 Å². The molecular formula is C14H16FN3. The van der Waals surface area contributed by atoms with E-state index >= 15 is 0 Å². The molecule has 3 heterocycles. The lowest BCUT2D eigenvalue weighted by molar-refractivity contribution is 0.303. The van der Waals surface area contributed by atoms with Crippen molar-refractivity contribution in [2.45, 2.75) is 43.8 Å². The zero-order valence-electron chi connectivity index (χ0n) is 10.1. The minimum absolute atomic E-state index is 0.210. The van der Waals surface area contributed by atoms with Crippen LogP contribution in [0.3, 0.4) is 0 Å². The summed E-state index contributed by atoms with van der Waals surface area (Å²) in [7, 11) is 0. The molecule has 1 N–H and O–H groups in total. The van der Waals surface area contributed by atoms with Crippen LogP contribution >= 0.6 is 0 Å². The van der Waals surface area contributed by atoms with Crippen LogP contribution in [0.25, 0.3) is 11.0 Å². The van der Waals surface area contributed by atoms with Gasteiger partial charge in [0.25, 0.3) is 0 Å². The first-order valence-corrected chi connectivity index (χ1v) is 6.68. The van der Waals surface area contributed by atoms with Crippen LogP contribution in [-0.2, 0) is 0 Å². The summed E-state index contributed by atoms with van der Waals surface area (Å²) in [6.45, 7) is 0. The molecule has 2 unspecified atom stereocenters. The van der Waals surface area contributed by atoms with E-state index in [1.165, 1.54) is 37.8 Å². The Hall–Kier alpha value is -1.42. The Kier molecular flexibility index (Phi) is 2.21. The van der Waals surface area contributed by atoms with Crippen LogP contribution < -0.4 is 5.32 Å². The highest BCUT2D eigenvalue weighted by Gasteiger charge is 2.34. The Morgan fingerprint density at radius 1 is 1.22 bits per heavy atom. The highest BCUT2D eigenvalue weighted by molar-refractivity contribution is 5.75. The van der Waals surface area contributed by atoms with Crippen molar-refractivity contribution in [2.24, 2.45) is 0 Å². The van der Waals surface area contributed by atoms with Gasteiger partial charge in [0.05, 0.1) is 17.4 Å². The first-order valence-electron chi connectivity index (χ1n) is 6.68. The summed E-state index contributed by atoms with van der Waals surface area (Å²) in [5.74, 6) is -0.210. The third-order valence-electron chi connectivity index (χ3n) is 4.38. The summed E-state index contributed by atoms with van der Waals surface area (Å²) in [5.41, 5.74) is 1.82. The van der Waals surface area contributed by atoms with Gasteiger partial charge in [0.15, 0.2) is 0 Å². The topological polar surface area (TPSA) is 29.9 Å². The molecule has 2 saturated heterocycles. The predicted octanol–water partition coefficient (Wildman–Crippen LogP) is 2.63. The van der Waals surface area contributed by atoms with Gasteiger partial charge in [0.2, 0.25) is 0 Å². The molecule has 4 heteroatoms. The Balaban J connectivity index is 1.74. The van der Waals surface area contributed by atoms with Gasteiger partial charge in [-0.05, 0) is 37.8 Å². The zero-order valence-corrected chi connectivity index (χ0v) is 10.1. The second-order valence-electron chi connectivity index (χ2n) is 5.55. The van der Waals surface area contributed by atoms with Crippen LogP contribution in [0.2, 0.25) is 0 Å². The fraction of sp³-hybridized carbons (Fsp3) is 0.500. The number of imidazole rings is 1. The summed E-state index contributed by atoms with van der Waals surface area (Å²) in [5, 5.41) is 3.65. The lowest BCUT2D eigenvalue weighted by Crippen LogP contribution is -2.38. The maximum Gasteiger partial charge on any atom is 0.125 e. The van der Waals surface area contributed by atoms with Crippen LogP contribution in [0.4, 0.5) is 4.39 Å². The Labute approximate surface area is 105 Å². The Morgan fingerprint density at radius 3 is 2.78 bits per heavy atom. The number of rotatable bonds is 1. The second-order valence-corrected chi connectivity index (χ2v) is 5.55. The van der Waals surface area contributed by atoms with Crippen molar-refractivity contribution in [1.29, 1.82) is 0 Å². The number of nitrogens with one attached hydrogen (secondary N) is 1. The summed E-state index contributed by atoms with van der Waals surface area (Å²) >= 11 is 0. The van der Waals surface area contributed by atoms with Crippen molar-refractivity contribution in [2.75, 3.05) is 0 Å². The first kappa shape index (κ1) is 10.5. The third-order valence-corrected chi connectivity index (χ3v) is 4.38. The van der Waals surface area contributed by atoms with Crippen LogP contribution in [0.5, 0.6) is 0 Å². The highest BCUT2D eigenvalue weighted by atomic mass is 19.1. The van der Waals surface area contributed by atoms with Gasteiger partial charge in [-0.25, -0.2) is 9.37 Å². The van der Waals surface area contributed by atoms with Gasteiger partial charge in [-0.1, -0.05) is 0 Å². The maximum absolute atomic E-state index is 13.2. The van der Waals surface area contributed by atoms with Gasteiger partial charge < -0.3 is 9.88 Å². The monoisotopic (exact) mass is 245 g/mol. The summed E-state index contributed by atoms with van der Waals surface area (Å²) in [6, 6.07) is 6.72. The van der Waals surface area contributed by atoms with Crippen molar-refractivity contribution in [3.63, 3.8) is 0 Å². The van der Waals surface area contributed by atoms with Gasteiger partial charge in [-0.15, -0.1) is 0 Å². The number of hydrogen-bond donors (Lipinski definition) is 1. The van der Waals surface area contributed by atoms with E-state index in [1.54, 1.807) is 0 Å². The molecule has 2 aromatic rings. The number of fused-ring (bicyclic) bond motifs is 3. The average molecular weight is 245 g/mol. The van der Waals surface area contributed by atoms with E-state index < -0.39 is 0 Å². The Bertz CT molecular complexity index is 580. The van der Waals surface area contributed by atoms with Crippen molar-refractivity contribution >= 4 is 11.0 Å². The molecule has 0 saturated carbocycles. The third kappa shape index (κ3) is 1.56. The van der Waals surface area contributed by atoms with Gasteiger partial charge >= 0.3 is 0 Å². The molecule has 2 bridgehead atoms. The standard InChI is InChI=1S/C14H16FN3/c15-9-1-4-14-13(5-9)16-8-18(14)12-6-10-2-3-11(7-12)17-10/h1,4-5,8,10-12,17H,2-3,6-7H2.